The quantitative estimate of drug-likeness (QED) is 0.214. The molecule has 1 amide bonds. The SMILES string of the molecule is Cc1ccc(NC(=O)/C(C#N)=C/c2ccc(Oc3ccc([N+](=O)[O-])cc3[N+](=O)[O-])cc2)c(C)c1. The average molecular weight is 458 g/mol. The Hall–Kier alpha value is -5.04. The highest BCUT2D eigenvalue weighted by Gasteiger charge is 2.21. The van der Waals surface area contributed by atoms with Gasteiger partial charge in [0.1, 0.15) is 17.4 Å². The molecule has 0 aliphatic heterocycles. The molecule has 3 aromatic rings. The van der Waals surface area contributed by atoms with Gasteiger partial charge in [-0.25, -0.2) is 0 Å². The second-order valence-corrected chi connectivity index (χ2v) is 7.28. The van der Waals surface area contributed by atoms with Gasteiger partial charge < -0.3 is 10.1 Å². The molecule has 0 aliphatic carbocycles. The summed E-state index contributed by atoms with van der Waals surface area (Å²) in [6.45, 7) is 3.79. The summed E-state index contributed by atoms with van der Waals surface area (Å²) in [6.07, 6.45) is 1.40. The lowest BCUT2D eigenvalue weighted by molar-refractivity contribution is -0.394. The summed E-state index contributed by atoms with van der Waals surface area (Å²) in [4.78, 5) is 33.1. The molecule has 3 rings (SSSR count). The van der Waals surface area contributed by atoms with Gasteiger partial charge in [-0.15, -0.1) is 0 Å². The number of amides is 1. The molecule has 0 unspecified atom stereocenters. The second-order valence-electron chi connectivity index (χ2n) is 7.28. The number of ether oxygens (including phenoxy) is 1. The topological polar surface area (TPSA) is 148 Å². The van der Waals surface area contributed by atoms with E-state index in [1.807, 2.05) is 32.0 Å². The van der Waals surface area contributed by atoms with E-state index in [0.29, 0.717) is 11.3 Å². The molecule has 10 heteroatoms. The van der Waals surface area contributed by atoms with Crippen LogP contribution in [0.3, 0.4) is 0 Å². The molecule has 170 valence electrons. The minimum Gasteiger partial charge on any atom is -0.450 e. The Morgan fingerprint density at radius 2 is 1.71 bits per heavy atom. The van der Waals surface area contributed by atoms with Gasteiger partial charge in [-0.1, -0.05) is 29.8 Å². The normalized spacial score (nSPS) is 10.8. The third-order valence-corrected chi connectivity index (χ3v) is 4.76. The zero-order valence-corrected chi connectivity index (χ0v) is 18.1. The lowest BCUT2D eigenvalue weighted by atomic mass is 10.1. The predicted octanol–water partition coefficient (Wildman–Crippen LogP) is 5.46. The molecule has 0 saturated heterocycles. The number of anilines is 1. The van der Waals surface area contributed by atoms with E-state index >= 15 is 0 Å². The van der Waals surface area contributed by atoms with Gasteiger partial charge in [0, 0.05) is 11.8 Å². The number of non-ortho nitro benzene ring substituents is 1. The standard InChI is InChI=1S/C24H18N4O6/c1-15-3-9-21(16(2)11-15)26-24(29)18(14-25)12-17-4-7-20(8-5-17)34-23-10-6-19(27(30)31)13-22(23)28(32)33/h3-13H,1-2H3,(H,26,29)/b18-12+. The second kappa shape index (κ2) is 10.1. The smallest absolute Gasteiger partial charge is 0.318 e. The molecular formula is C24H18N4O6. The van der Waals surface area contributed by atoms with Crippen LogP contribution < -0.4 is 10.1 Å². The summed E-state index contributed by atoms with van der Waals surface area (Å²) in [6, 6.07) is 16.6. The van der Waals surface area contributed by atoms with Crippen LogP contribution in [0.5, 0.6) is 11.5 Å². The number of hydrogen-bond donors (Lipinski definition) is 1. The largest absolute Gasteiger partial charge is 0.450 e. The van der Waals surface area contributed by atoms with E-state index in [9.17, 15) is 30.3 Å². The number of hydrogen-bond acceptors (Lipinski definition) is 7. The Bertz CT molecular complexity index is 1360. The molecule has 0 spiro atoms. The highest BCUT2D eigenvalue weighted by molar-refractivity contribution is 6.10. The van der Waals surface area contributed by atoms with E-state index in [0.717, 1.165) is 29.3 Å². The number of rotatable bonds is 7. The van der Waals surface area contributed by atoms with E-state index in [2.05, 4.69) is 5.32 Å². The number of nitro benzene ring substituents is 2. The van der Waals surface area contributed by atoms with Gasteiger partial charge >= 0.3 is 5.69 Å². The molecule has 0 heterocycles. The van der Waals surface area contributed by atoms with Gasteiger partial charge in [-0.3, -0.25) is 25.0 Å². The Kier molecular flexibility index (Phi) is 6.98. The zero-order valence-electron chi connectivity index (χ0n) is 18.1. The van der Waals surface area contributed by atoms with Crippen molar-refractivity contribution in [3.05, 3.63) is 103 Å². The van der Waals surface area contributed by atoms with Gasteiger partial charge in [-0.05, 0) is 55.3 Å². The molecule has 0 bridgehead atoms. The Morgan fingerprint density at radius 3 is 2.29 bits per heavy atom. The zero-order chi connectivity index (χ0) is 24.8. The van der Waals surface area contributed by atoms with Gasteiger partial charge in [0.15, 0.2) is 0 Å². The predicted molar refractivity (Wildman–Crippen MR) is 124 cm³/mol. The molecule has 10 nitrogen and oxygen atoms in total. The van der Waals surface area contributed by atoms with Crippen molar-refractivity contribution in [2.24, 2.45) is 0 Å². The van der Waals surface area contributed by atoms with Crippen LogP contribution >= 0.6 is 0 Å². The minimum atomic E-state index is -0.771. The summed E-state index contributed by atoms with van der Waals surface area (Å²) < 4.78 is 5.51. The van der Waals surface area contributed by atoms with Crippen LogP contribution in [0.1, 0.15) is 16.7 Å². The first-order valence-corrected chi connectivity index (χ1v) is 9.89. The monoisotopic (exact) mass is 458 g/mol. The van der Waals surface area contributed by atoms with Crippen LogP contribution in [0.2, 0.25) is 0 Å². The van der Waals surface area contributed by atoms with Crippen LogP contribution in [0.25, 0.3) is 6.08 Å². The molecule has 0 aromatic heterocycles. The molecule has 0 radical (unpaired) electrons. The molecule has 1 N–H and O–H groups in total. The van der Waals surface area contributed by atoms with E-state index in [-0.39, 0.29) is 17.1 Å². The number of nitrogens with one attached hydrogen (secondary N) is 1. The van der Waals surface area contributed by atoms with Crippen LogP contribution in [0.15, 0.2) is 66.2 Å². The molecule has 0 aliphatic rings. The highest BCUT2D eigenvalue weighted by Crippen LogP contribution is 2.34. The first-order chi connectivity index (χ1) is 16.2. The van der Waals surface area contributed by atoms with Crippen molar-refractivity contribution >= 4 is 29.0 Å². The van der Waals surface area contributed by atoms with Crippen molar-refractivity contribution < 1.29 is 19.4 Å². The highest BCUT2D eigenvalue weighted by atomic mass is 16.6. The molecule has 0 atom stereocenters. The maximum atomic E-state index is 12.5. The van der Waals surface area contributed by atoms with Crippen molar-refractivity contribution in [1.82, 2.24) is 0 Å². The Morgan fingerprint density at radius 1 is 1.00 bits per heavy atom. The Balaban J connectivity index is 1.78. The summed E-state index contributed by atoms with van der Waals surface area (Å²) in [5.41, 5.74) is 1.96. The fourth-order valence-electron chi connectivity index (χ4n) is 3.07. The maximum absolute atomic E-state index is 12.5. The summed E-state index contributed by atoms with van der Waals surface area (Å²) in [5, 5.41) is 34.3. The van der Waals surface area contributed by atoms with E-state index < -0.39 is 27.1 Å². The van der Waals surface area contributed by atoms with Crippen molar-refractivity contribution in [2.45, 2.75) is 13.8 Å². The van der Waals surface area contributed by atoms with Crippen molar-refractivity contribution in [3.8, 4) is 17.6 Å². The van der Waals surface area contributed by atoms with E-state index in [1.54, 1.807) is 18.2 Å². The number of carbonyl (C=O) groups excluding carboxylic acids is 1. The molecule has 0 fully saturated rings. The first-order valence-electron chi connectivity index (χ1n) is 9.89. The lowest BCUT2D eigenvalue weighted by Crippen LogP contribution is -2.14. The van der Waals surface area contributed by atoms with E-state index in [4.69, 9.17) is 4.74 Å². The molecular weight excluding hydrogens is 440 g/mol. The number of aryl methyl sites for hydroxylation is 2. The molecule has 0 saturated carbocycles. The van der Waals surface area contributed by atoms with Gasteiger partial charge in [0.25, 0.3) is 11.6 Å². The number of nitrogens with zero attached hydrogens (tertiary/aromatic N) is 3. The van der Waals surface area contributed by atoms with Gasteiger partial charge in [0.2, 0.25) is 5.75 Å². The number of carbonyl (C=O) groups is 1. The average Bonchev–Trinajstić information content (AvgIpc) is 2.80. The van der Waals surface area contributed by atoms with Crippen LogP contribution in [0.4, 0.5) is 17.1 Å². The fourth-order valence-corrected chi connectivity index (χ4v) is 3.07. The van der Waals surface area contributed by atoms with Crippen LogP contribution in [0, 0.1) is 45.4 Å². The first kappa shape index (κ1) is 23.6. The summed E-state index contributed by atoms with van der Waals surface area (Å²) in [7, 11) is 0. The number of benzene rings is 3. The van der Waals surface area contributed by atoms with E-state index in [1.165, 1.54) is 18.2 Å². The van der Waals surface area contributed by atoms with Crippen LogP contribution in [-0.4, -0.2) is 15.8 Å². The summed E-state index contributed by atoms with van der Waals surface area (Å²) in [5.74, 6) is -0.493. The van der Waals surface area contributed by atoms with Crippen molar-refractivity contribution in [3.63, 3.8) is 0 Å². The van der Waals surface area contributed by atoms with Crippen molar-refractivity contribution in [2.75, 3.05) is 5.32 Å². The lowest BCUT2D eigenvalue weighted by Gasteiger charge is -2.09. The number of nitriles is 1. The Labute approximate surface area is 194 Å². The fraction of sp³-hybridized carbons (Fsp3) is 0.0833. The van der Waals surface area contributed by atoms with Gasteiger partial charge in [0.05, 0.1) is 15.9 Å². The van der Waals surface area contributed by atoms with Gasteiger partial charge in [-0.2, -0.15) is 5.26 Å². The molecule has 3 aromatic carbocycles. The molecule has 34 heavy (non-hydrogen) atoms. The van der Waals surface area contributed by atoms with Crippen molar-refractivity contribution in [1.29, 1.82) is 5.26 Å². The summed E-state index contributed by atoms with van der Waals surface area (Å²) >= 11 is 0. The number of nitro groups is 2. The minimum absolute atomic E-state index is 0.111. The third-order valence-electron chi connectivity index (χ3n) is 4.76. The third kappa shape index (κ3) is 5.60. The van der Waals surface area contributed by atoms with Crippen LogP contribution in [-0.2, 0) is 4.79 Å². The maximum Gasteiger partial charge on any atom is 0.318 e.